The van der Waals surface area contributed by atoms with Gasteiger partial charge in [-0.3, -0.25) is 5.32 Å². The van der Waals surface area contributed by atoms with Crippen molar-refractivity contribution in [2.75, 3.05) is 47.4 Å². The molecule has 55 heavy (non-hydrogen) atoms. The number of hydrogen-bond donors (Lipinski definition) is 8. The largest absolute Gasteiger partial charge is 0.396 e. The molecule has 0 saturated carbocycles. The lowest BCUT2D eigenvalue weighted by Gasteiger charge is -2.47. The Labute approximate surface area is 334 Å². The van der Waals surface area contributed by atoms with E-state index in [1.807, 2.05) is 53.7 Å². The first kappa shape index (κ1) is 50.1. The lowest BCUT2D eigenvalue weighted by atomic mass is 9.78. The third-order valence-electron chi connectivity index (χ3n) is 10.6. The Bertz CT molecular complexity index is 1370. The van der Waals surface area contributed by atoms with Crippen molar-refractivity contribution in [2.45, 2.75) is 140 Å². The van der Waals surface area contributed by atoms with Crippen LogP contribution in [0.1, 0.15) is 74.1 Å². The van der Waals surface area contributed by atoms with E-state index >= 15 is 0 Å². The zero-order valence-corrected chi connectivity index (χ0v) is 35.9. The Morgan fingerprint density at radius 2 is 1.73 bits per heavy atom. The highest BCUT2D eigenvalue weighted by molar-refractivity contribution is 7.89. The first-order valence-electron chi connectivity index (χ1n) is 19.4. The molecule has 0 spiro atoms. The van der Waals surface area contributed by atoms with Crippen molar-refractivity contribution in [1.29, 1.82) is 0 Å². The highest BCUT2D eigenvalue weighted by Crippen LogP contribution is 2.36. The van der Waals surface area contributed by atoms with Crippen molar-refractivity contribution in [3.05, 3.63) is 29.3 Å². The number of rotatable bonds is 25. The molecule has 17 heteroatoms. The number of halogens is 1. The number of nitrogens with one attached hydrogen (secondary N) is 2. The van der Waals surface area contributed by atoms with Crippen molar-refractivity contribution < 1.29 is 53.3 Å². The third kappa shape index (κ3) is 15.2. The zero-order valence-electron chi connectivity index (χ0n) is 34.4. The molecular weight excluding hydrogens is 756 g/mol. The minimum Gasteiger partial charge on any atom is -0.396 e. The van der Waals surface area contributed by atoms with Gasteiger partial charge in [0.15, 0.2) is 18.9 Å². The summed E-state index contributed by atoms with van der Waals surface area (Å²) in [6, 6.07) is 5.68. The maximum atomic E-state index is 12.6. The van der Waals surface area contributed by atoms with Gasteiger partial charge in [0.05, 0.1) is 35.0 Å². The van der Waals surface area contributed by atoms with Crippen LogP contribution in [0.5, 0.6) is 0 Å². The Kier molecular flexibility index (Phi) is 20.9. The summed E-state index contributed by atoms with van der Waals surface area (Å²) in [5, 5.41) is 68.9. The SMILES string of the molecule is CC[C@H](OC(O)C(C)C(O)C(C)C(O[C@@H]1O[C@H](C)CC(N(C)C)C1O)[C@@](C)(O)C[C@H](C)CN(C)CCCNC(O)NS(=O)(=O)c1ccccc1Cl)C(C)CO. The molecule has 1 saturated heterocycles. The van der Waals surface area contributed by atoms with Crippen LogP contribution in [0.4, 0.5) is 0 Å². The molecule has 14 atom stereocenters. The molecule has 9 unspecified atom stereocenters. The van der Waals surface area contributed by atoms with E-state index < -0.39 is 70.8 Å². The number of nitrogens with zero attached hydrogens (tertiary/aromatic N) is 2. The maximum absolute atomic E-state index is 12.6. The monoisotopic (exact) mass is 826 g/mol. The van der Waals surface area contributed by atoms with E-state index in [2.05, 4.69) is 14.9 Å². The molecule has 0 radical (unpaired) electrons. The number of likely N-dealkylation sites (N-methyl/N-ethyl adjacent to an activating group) is 1. The molecular formula is C38H71ClN4O11S. The van der Waals surface area contributed by atoms with Crippen LogP contribution in [-0.2, 0) is 24.2 Å². The Morgan fingerprint density at radius 3 is 2.31 bits per heavy atom. The molecule has 15 nitrogen and oxygen atoms in total. The third-order valence-corrected chi connectivity index (χ3v) is 12.6. The van der Waals surface area contributed by atoms with E-state index in [1.54, 1.807) is 26.8 Å². The Balaban J connectivity index is 2.12. The molecule has 0 bridgehead atoms. The van der Waals surface area contributed by atoms with Gasteiger partial charge in [0.25, 0.3) is 0 Å². The van der Waals surface area contributed by atoms with Gasteiger partial charge in [0.1, 0.15) is 11.0 Å². The highest BCUT2D eigenvalue weighted by atomic mass is 35.5. The molecule has 1 fully saturated rings. The van der Waals surface area contributed by atoms with Gasteiger partial charge in [-0.15, -0.1) is 0 Å². The molecule has 322 valence electrons. The van der Waals surface area contributed by atoms with Crippen molar-refractivity contribution in [2.24, 2.45) is 23.7 Å². The summed E-state index contributed by atoms with van der Waals surface area (Å²) in [7, 11) is 1.61. The molecule has 0 amide bonds. The second kappa shape index (κ2) is 22.9. The van der Waals surface area contributed by atoms with Crippen LogP contribution in [0.3, 0.4) is 0 Å². The van der Waals surface area contributed by atoms with Crippen LogP contribution in [0, 0.1) is 23.7 Å². The van der Waals surface area contributed by atoms with Gasteiger partial charge in [-0.2, -0.15) is 4.72 Å². The maximum Gasteiger partial charge on any atom is 0.245 e. The predicted octanol–water partition coefficient (Wildman–Crippen LogP) is 1.77. The molecule has 1 aromatic carbocycles. The lowest BCUT2D eigenvalue weighted by Crippen LogP contribution is -2.59. The van der Waals surface area contributed by atoms with Crippen LogP contribution in [0.15, 0.2) is 29.2 Å². The van der Waals surface area contributed by atoms with Crippen molar-refractivity contribution in [3.8, 4) is 0 Å². The number of benzene rings is 1. The van der Waals surface area contributed by atoms with Crippen LogP contribution in [0.25, 0.3) is 0 Å². The number of aliphatic hydroxyl groups excluding tert-OH is 5. The highest BCUT2D eigenvalue weighted by Gasteiger charge is 2.47. The smallest absolute Gasteiger partial charge is 0.245 e. The zero-order chi connectivity index (χ0) is 41.8. The van der Waals surface area contributed by atoms with Crippen molar-refractivity contribution in [1.82, 2.24) is 19.8 Å². The lowest BCUT2D eigenvalue weighted by molar-refractivity contribution is -0.301. The van der Waals surface area contributed by atoms with Gasteiger partial charge in [0, 0.05) is 36.9 Å². The van der Waals surface area contributed by atoms with Gasteiger partial charge >= 0.3 is 0 Å². The molecule has 1 aliphatic rings. The van der Waals surface area contributed by atoms with E-state index in [9.17, 15) is 39.1 Å². The Morgan fingerprint density at radius 1 is 1.09 bits per heavy atom. The van der Waals surface area contributed by atoms with Gasteiger partial charge in [0.2, 0.25) is 10.0 Å². The van der Waals surface area contributed by atoms with Gasteiger partial charge in [-0.05, 0) is 91.8 Å². The number of sulfonamides is 1. The van der Waals surface area contributed by atoms with Gasteiger partial charge in [-0.25, -0.2) is 8.42 Å². The summed E-state index contributed by atoms with van der Waals surface area (Å²) < 4.78 is 45.8. The second-order valence-corrected chi connectivity index (χ2v) is 18.3. The minimum absolute atomic E-state index is 0.0426. The fraction of sp³-hybridized carbons (Fsp3) is 0.842. The standard InChI is InChI=1S/C38H71ClN4O11S/c1-11-30(24(3)22-44)53-35(47)27(6)32(45)26(5)34(54-36-33(46)29(42(8)9)19-25(4)52-36)38(7,49)20-23(2)21-43(10)18-14-17-40-37(48)41-55(50,51)31-16-13-12-15-28(31)39/h12-13,15-16,23-27,29-30,32-37,40-41,44-49H,11,14,17-22H2,1-10H3/t23-,24?,25+,26?,27?,29?,30-,32?,33?,34?,35?,36-,37?,38-/m0/s1. The normalized spacial score (nSPS) is 25.8. The van der Waals surface area contributed by atoms with Crippen molar-refractivity contribution >= 4 is 21.6 Å². The van der Waals surface area contributed by atoms with E-state index in [0.717, 1.165) is 0 Å². The first-order valence-corrected chi connectivity index (χ1v) is 21.3. The summed E-state index contributed by atoms with van der Waals surface area (Å²) in [6.45, 7) is 14.0. The van der Waals surface area contributed by atoms with Crippen LogP contribution in [-0.4, -0.2) is 157 Å². The number of hydrogen-bond acceptors (Lipinski definition) is 14. The van der Waals surface area contributed by atoms with Gasteiger partial charge < -0.3 is 54.6 Å². The fourth-order valence-corrected chi connectivity index (χ4v) is 9.06. The molecule has 1 aromatic rings. The average Bonchev–Trinajstić information content (AvgIpc) is 3.10. The topological polar surface area (TPSA) is 214 Å². The van der Waals surface area contributed by atoms with E-state index in [0.29, 0.717) is 38.9 Å². The summed E-state index contributed by atoms with van der Waals surface area (Å²) in [6.07, 6.45) is -5.99. The van der Waals surface area contributed by atoms with E-state index in [-0.39, 0.29) is 46.9 Å². The molecule has 2 rings (SSSR count). The van der Waals surface area contributed by atoms with Crippen LogP contribution >= 0.6 is 11.6 Å². The van der Waals surface area contributed by atoms with E-state index in [4.69, 9.17) is 25.8 Å². The number of ether oxygens (including phenoxy) is 3. The second-order valence-electron chi connectivity index (χ2n) is 16.2. The van der Waals surface area contributed by atoms with Crippen LogP contribution in [0.2, 0.25) is 5.02 Å². The summed E-state index contributed by atoms with van der Waals surface area (Å²) in [5.41, 5.74) is -1.54. The van der Waals surface area contributed by atoms with Gasteiger partial charge in [-0.1, -0.05) is 58.4 Å². The quantitative estimate of drug-likeness (QED) is 0.0522. The molecule has 0 aromatic heterocycles. The van der Waals surface area contributed by atoms with E-state index in [1.165, 1.54) is 18.2 Å². The summed E-state index contributed by atoms with van der Waals surface area (Å²) in [4.78, 5) is 3.83. The fourth-order valence-electron chi connectivity index (χ4n) is 7.53. The minimum atomic E-state index is -4.04. The van der Waals surface area contributed by atoms with Crippen LogP contribution < -0.4 is 10.0 Å². The average molecular weight is 828 g/mol. The number of aliphatic hydroxyl groups is 6. The van der Waals surface area contributed by atoms with Crippen molar-refractivity contribution in [3.63, 3.8) is 0 Å². The molecule has 1 heterocycles. The Hall–Kier alpha value is -1.06. The molecule has 1 aliphatic heterocycles. The first-order chi connectivity index (χ1) is 25.6. The molecule has 0 aliphatic carbocycles. The molecule has 8 N–H and O–H groups in total. The predicted molar refractivity (Wildman–Crippen MR) is 211 cm³/mol. The summed E-state index contributed by atoms with van der Waals surface area (Å²) in [5.74, 6) is -1.87. The summed E-state index contributed by atoms with van der Waals surface area (Å²) >= 11 is 6.01.